The molecule has 1 aromatic heterocycles. The van der Waals surface area contributed by atoms with Crippen LogP contribution in [-0.2, 0) is 17.9 Å². The fraction of sp³-hybridized carbons (Fsp3) is 0.250. The summed E-state index contributed by atoms with van der Waals surface area (Å²) >= 11 is 0. The van der Waals surface area contributed by atoms with Crippen molar-refractivity contribution in [3.8, 4) is 0 Å². The smallest absolute Gasteiger partial charge is 0.270 e. The summed E-state index contributed by atoms with van der Waals surface area (Å²) in [5.74, 6) is -0.180. The second kappa shape index (κ2) is 7.35. The van der Waals surface area contributed by atoms with Crippen LogP contribution in [0.5, 0.6) is 0 Å². The lowest BCUT2D eigenvalue weighted by Crippen LogP contribution is -2.25. The first kappa shape index (κ1) is 16.4. The van der Waals surface area contributed by atoms with Gasteiger partial charge in [0.15, 0.2) is 0 Å². The van der Waals surface area contributed by atoms with Crippen LogP contribution in [0.15, 0.2) is 42.6 Å². The number of carbonyl (C=O) groups is 1. The summed E-state index contributed by atoms with van der Waals surface area (Å²) in [4.78, 5) is 24.0. The molecule has 0 aliphatic carbocycles. The molecule has 0 unspecified atom stereocenters. The average Bonchev–Trinajstić information content (AvgIpc) is 2.99. The Labute approximate surface area is 134 Å². The largest absolute Gasteiger partial charge is 0.336 e. The minimum atomic E-state index is -0.461. The molecule has 23 heavy (non-hydrogen) atoms. The van der Waals surface area contributed by atoms with Gasteiger partial charge < -0.3 is 4.90 Å². The summed E-state index contributed by atoms with van der Waals surface area (Å²) in [6.45, 7) is 3.18. The quantitative estimate of drug-likeness (QED) is 0.466. The first-order valence-electron chi connectivity index (χ1n) is 7.19. The maximum absolute atomic E-state index is 12.1. The van der Waals surface area contributed by atoms with E-state index in [4.69, 9.17) is 0 Å². The number of carbonyl (C=O) groups excluding carboxylic acids is 1. The third-order valence-corrected chi connectivity index (χ3v) is 3.38. The van der Waals surface area contributed by atoms with Crippen LogP contribution in [0.4, 0.5) is 5.69 Å². The molecule has 1 amide bonds. The van der Waals surface area contributed by atoms with Crippen LogP contribution in [0.2, 0.25) is 0 Å². The number of nitrogens with zero attached hydrogens (tertiary/aromatic N) is 4. The number of aryl methyl sites for hydroxylation is 1. The zero-order valence-corrected chi connectivity index (χ0v) is 13.0. The third kappa shape index (κ3) is 4.26. The van der Waals surface area contributed by atoms with Crippen LogP contribution < -0.4 is 0 Å². The molecule has 120 valence electrons. The van der Waals surface area contributed by atoms with Crippen molar-refractivity contribution in [2.24, 2.45) is 0 Å². The number of nitro groups is 1. The van der Waals surface area contributed by atoms with E-state index in [2.05, 4.69) is 5.10 Å². The SMILES string of the molecule is CCn1nccc1CN(C)C(=O)/C=C/c1cccc([N+](=O)[O-])c1. The van der Waals surface area contributed by atoms with E-state index in [1.165, 1.54) is 18.2 Å². The highest BCUT2D eigenvalue weighted by molar-refractivity contribution is 5.91. The van der Waals surface area contributed by atoms with E-state index in [9.17, 15) is 14.9 Å². The molecule has 0 saturated heterocycles. The van der Waals surface area contributed by atoms with Gasteiger partial charge in [-0.1, -0.05) is 12.1 Å². The topological polar surface area (TPSA) is 81.3 Å². The number of nitro benzene ring substituents is 1. The van der Waals surface area contributed by atoms with Gasteiger partial charge in [0.1, 0.15) is 0 Å². The first-order chi connectivity index (χ1) is 11.0. The Balaban J connectivity index is 2.03. The van der Waals surface area contributed by atoms with Gasteiger partial charge in [0.05, 0.1) is 17.2 Å². The van der Waals surface area contributed by atoms with Crippen molar-refractivity contribution in [2.45, 2.75) is 20.0 Å². The van der Waals surface area contributed by atoms with Crippen molar-refractivity contribution >= 4 is 17.7 Å². The fourth-order valence-electron chi connectivity index (χ4n) is 2.14. The van der Waals surface area contributed by atoms with E-state index in [1.807, 2.05) is 17.7 Å². The fourth-order valence-corrected chi connectivity index (χ4v) is 2.14. The maximum atomic E-state index is 12.1. The molecule has 0 aliphatic rings. The third-order valence-electron chi connectivity index (χ3n) is 3.38. The lowest BCUT2D eigenvalue weighted by Gasteiger charge is -2.15. The molecule has 1 heterocycles. The number of non-ortho nitro benzene ring substituents is 1. The molecule has 0 aliphatic heterocycles. The molecular weight excluding hydrogens is 296 g/mol. The minimum absolute atomic E-state index is 0.000184. The van der Waals surface area contributed by atoms with Gasteiger partial charge >= 0.3 is 0 Å². The van der Waals surface area contributed by atoms with Crippen LogP contribution in [-0.4, -0.2) is 32.6 Å². The number of likely N-dealkylation sites (N-methyl/N-ethyl adjacent to an activating group) is 1. The molecule has 1 aromatic carbocycles. The number of hydrogen-bond donors (Lipinski definition) is 0. The molecule has 0 N–H and O–H groups in total. The second-order valence-electron chi connectivity index (χ2n) is 5.02. The van der Waals surface area contributed by atoms with E-state index in [1.54, 1.807) is 36.4 Å². The van der Waals surface area contributed by atoms with Gasteiger partial charge in [-0.05, 0) is 24.6 Å². The molecule has 0 bridgehead atoms. The minimum Gasteiger partial charge on any atom is -0.336 e. The van der Waals surface area contributed by atoms with E-state index in [-0.39, 0.29) is 11.6 Å². The highest BCUT2D eigenvalue weighted by atomic mass is 16.6. The standard InChI is InChI=1S/C16H18N4O3/c1-3-19-15(9-10-17-19)12-18(2)16(21)8-7-13-5-4-6-14(11-13)20(22)23/h4-11H,3,12H2,1-2H3/b8-7+. The van der Waals surface area contributed by atoms with Gasteiger partial charge in [0, 0.05) is 38.0 Å². The van der Waals surface area contributed by atoms with Crippen molar-refractivity contribution in [3.05, 3.63) is 64.0 Å². The van der Waals surface area contributed by atoms with Crippen molar-refractivity contribution < 1.29 is 9.72 Å². The number of aromatic nitrogens is 2. The maximum Gasteiger partial charge on any atom is 0.270 e. The van der Waals surface area contributed by atoms with E-state index >= 15 is 0 Å². The monoisotopic (exact) mass is 314 g/mol. The van der Waals surface area contributed by atoms with Crippen LogP contribution in [0, 0.1) is 10.1 Å². The zero-order valence-electron chi connectivity index (χ0n) is 13.0. The Hall–Kier alpha value is -2.96. The highest BCUT2D eigenvalue weighted by Gasteiger charge is 2.09. The van der Waals surface area contributed by atoms with Crippen LogP contribution >= 0.6 is 0 Å². The van der Waals surface area contributed by atoms with Gasteiger partial charge in [-0.15, -0.1) is 0 Å². The summed E-state index contributed by atoms with van der Waals surface area (Å²) in [5, 5.41) is 14.9. The van der Waals surface area contributed by atoms with Crippen molar-refractivity contribution in [1.29, 1.82) is 0 Å². The average molecular weight is 314 g/mol. The number of rotatable bonds is 6. The predicted molar refractivity (Wildman–Crippen MR) is 86.5 cm³/mol. The summed E-state index contributed by atoms with van der Waals surface area (Å²) in [7, 11) is 1.70. The first-order valence-corrected chi connectivity index (χ1v) is 7.19. The second-order valence-corrected chi connectivity index (χ2v) is 5.02. The van der Waals surface area contributed by atoms with Crippen molar-refractivity contribution in [3.63, 3.8) is 0 Å². The Kier molecular flexibility index (Phi) is 5.24. The number of benzene rings is 1. The molecule has 0 spiro atoms. The molecule has 0 saturated carbocycles. The van der Waals surface area contributed by atoms with Gasteiger partial charge in [0.25, 0.3) is 5.69 Å². The van der Waals surface area contributed by atoms with Gasteiger partial charge in [-0.25, -0.2) is 0 Å². The van der Waals surface area contributed by atoms with Crippen LogP contribution in [0.3, 0.4) is 0 Å². The predicted octanol–water partition coefficient (Wildman–Crippen LogP) is 2.48. The summed E-state index contributed by atoms with van der Waals surface area (Å²) in [6, 6.07) is 8.01. The van der Waals surface area contributed by atoms with Crippen LogP contribution in [0.1, 0.15) is 18.2 Å². The van der Waals surface area contributed by atoms with Crippen molar-refractivity contribution in [1.82, 2.24) is 14.7 Å². The Morgan fingerprint density at radius 3 is 2.91 bits per heavy atom. The zero-order chi connectivity index (χ0) is 16.8. The van der Waals surface area contributed by atoms with E-state index in [0.717, 1.165) is 12.2 Å². The molecule has 2 rings (SSSR count). The molecule has 0 atom stereocenters. The summed E-state index contributed by atoms with van der Waals surface area (Å²) < 4.78 is 1.83. The molecule has 7 nitrogen and oxygen atoms in total. The van der Waals surface area contributed by atoms with E-state index in [0.29, 0.717) is 12.1 Å². The van der Waals surface area contributed by atoms with Gasteiger partial charge in [-0.2, -0.15) is 5.10 Å². The lowest BCUT2D eigenvalue weighted by molar-refractivity contribution is -0.384. The molecule has 2 aromatic rings. The normalized spacial score (nSPS) is 10.9. The number of amides is 1. The highest BCUT2D eigenvalue weighted by Crippen LogP contribution is 2.14. The summed E-state index contributed by atoms with van der Waals surface area (Å²) in [5.41, 5.74) is 1.56. The van der Waals surface area contributed by atoms with Crippen molar-refractivity contribution in [2.75, 3.05) is 7.05 Å². The Morgan fingerprint density at radius 2 is 2.22 bits per heavy atom. The molecular formula is C16H18N4O3. The van der Waals surface area contributed by atoms with E-state index < -0.39 is 4.92 Å². The molecule has 7 heteroatoms. The van der Waals surface area contributed by atoms with Crippen LogP contribution in [0.25, 0.3) is 6.08 Å². The Morgan fingerprint density at radius 1 is 1.43 bits per heavy atom. The lowest BCUT2D eigenvalue weighted by atomic mass is 10.2. The van der Waals surface area contributed by atoms with Gasteiger partial charge in [-0.3, -0.25) is 19.6 Å². The molecule has 0 fully saturated rings. The Bertz CT molecular complexity index is 736. The van der Waals surface area contributed by atoms with Gasteiger partial charge in [0.2, 0.25) is 5.91 Å². The summed E-state index contributed by atoms with van der Waals surface area (Å²) in [6.07, 6.45) is 4.69. The molecule has 0 radical (unpaired) electrons. The number of hydrogen-bond acceptors (Lipinski definition) is 4.